The number of carbonyl (C=O) groups excluding carboxylic acids is 1. The lowest BCUT2D eigenvalue weighted by molar-refractivity contribution is -0.130. The van der Waals surface area contributed by atoms with Gasteiger partial charge in [0.1, 0.15) is 16.7 Å². The second kappa shape index (κ2) is 11.8. The molecule has 1 aliphatic heterocycles. The first kappa shape index (κ1) is 27.4. The van der Waals surface area contributed by atoms with E-state index in [0.717, 1.165) is 36.8 Å². The molecule has 37 heavy (non-hydrogen) atoms. The molecule has 1 amide bonds. The van der Waals surface area contributed by atoms with Gasteiger partial charge in [-0.05, 0) is 61.4 Å². The Hall–Kier alpha value is -2.68. The van der Waals surface area contributed by atoms with Crippen molar-refractivity contribution in [2.24, 2.45) is 5.92 Å². The number of likely N-dealkylation sites (N-methyl/N-ethyl adjacent to an activating group) is 1. The third-order valence-electron chi connectivity index (χ3n) is 7.41. The molecule has 2 aliphatic rings. The Labute approximate surface area is 220 Å². The van der Waals surface area contributed by atoms with E-state index in [-0.39, 0.29) is 36.3 Å². The smallest absolute Gasteiger partial charge is 0.247 e. The number of ether oxygens (including phenoxy) is 1. The normalized spacial score (nSPS) is 22.5. The maximum atomic E-state index is 13.7. The lowest BCUT2D eigenvalue weighted by Gasteiger charge is -2.37. The van der Waals surface area contributed by atoms with Crippen molar-refractivity contribution in [1.82, 2.24) is 9.21 Å². The van der Waals surface area contributed by atoms with Gasteiger partial charge in [0.25, 0.3) is 0 Å². The number of sulfonamides is 1. The van der Waals surface area contributed by atoms with Crippen LogP contribution in [0, 0.1) is 5.92 Å². The molecule has 0 unspecified atom stereocenters. The van der Waals surface area contributed by atoms with Crippen LogP contribution in [0.5, 0.6) is 5.75 Å². The Balaban J connectivity index is 1.67. The van der Waals surface area contributed by atoms with Gasteiger partial charge in [-0.25, -0.2) is 8.42 Å². The van der Waals surface area contributed by atoms with E-state index in [1.54, 1.807) is 24.9 Å². The minimum atomic E-state index is -3.89. The molecule has 7 nitrogen and oxygen atoms in total. The van der Waals surface area contributed by atoms with Gasteiger partial charge in [-0.1, -0.05) is 49.4 Å². The summed E-state index contributed by atoms with van der Waals surface area (Å²) in [5.41, 5.74) is 3.11. The van der Waals surface area contributed by atoms with Gasteiger partial charge in [0.05, 0.1) is 19.6 Å². The fraction of sp³-hybridized carbons (Fsp3) is 0.483. The monoisotopic (exact) mass is 526 g/mol. The Kier molecular flexibility index (Phi) is 8.72. The summed E-state index contributed by atoms with van der Waals surface area (Å²) in [4.78, 5) is 14.8. The number of benzene rings is 2. The number of amides is 1. The van der Waals surface area contributed by atoms with Crippen LogP contribution in [-0.2, 0) is 21.2 Å². The fourth-order valence-corrected chi connectivity index (χ4v) is 6.85. The van der Waals surface area contributed by atoms with E-state index in [4.69, 9.17) is 4.74 Å². The van der Waals surface area contributed by atoms with E-state index >= 15 is 0 Å². The number of hydrogen-bond acceptors (Lipinski definition) is 5. The molecule has 1 N–H and O–H groups in total. The highest BCUT2D eigenvalue weighted by Crippen LogP contribution is 2.37. The van der Waals surface area contributed by atoms with Crippen molar-refractivity contribution in [3.8, 4) is 5.75 Å². The third kappa shape index (κ3) is 6.25. The van der Waals surface area contributed by atoms with E-state index in [2.05, 4.69) is 6.08 Å². The van der Waals surface area contributed by atoms with Crippen molar-refractivity contribution in [2.45, 2.75) is 63.0 Å². The molecule has 2 aromatic rings. The predicted octanol–water partition coefficient (Wildman–Crippen LogP) is 4.11. The predicted molar refractivity (Wildman–Crippen MR) is 145 cm³/mol. The Morgan fingerprint density at radius 2 is 1.95 bits per heavy atom. The van der Waals surface area contributed by atoms with Crippen LogP contribution < -0.4 is 4.74 Å². The molecular formula is C29H38N2O5S. The van der Waals surface area contributed by atoms with E-state index in [9.17, 15) is 18.3 Å². The van der Waals surface area contributed by atoms with Gasteiger partial charge in [0, 0.05) is 25.6 Å². The summed E-state index contributed by atoms with van der Waals surface area (Å²) < 4.78 is 35.2. The average Bonchev–Trinajstić information content (AvgIpc) is 2.91. The van der Waals surface area contributed by atoms with Gasteiger partial charge in [0.2, 0.25) is 15.9 Å². The van der Waals surface area contributed by atoms with Gasteiger partial charge in [0.15, 0.2) is 0 Å². The van der Waals surface area contributed by atoms with Crippen LogP contribution in [0.25, 0.3) is 5.57 Å². The summed E-state index contributed by atoms with van der Waals surface area (Å²) in [6.45, 7) is 3.86. The molecular weight excluding hydrogens is 488 g/mol. The zero-order valence-electron chi connectivity index (χ0n) is 22.0. The number of hydrogen-bond donors (Lipinski definition) is 1. The standard InChI is InChI=1S/C29H38N2O5S/c1-21-18-31(22(2)20-32)37(34,35)28-15-14-25(24-12-8-5-9-13-24)17-26(28)36-27(21)19-30(3)29(33)16-23-10-6-4-7-11-23/h4,6-7,10-12,14-15,17,21-22,27,32H,5,8-9,13,16,18-20H2,1-3H3/t21-,22-,27+/m1/s1. The summed E-state index contributed by atoms with van der Waals surface area (Å²) >= 11 is 0. The summed E-state index contributed by atoms with van der Waals surface area (Å²) in [7, 11) is -2.14. The number of fused-ring (bicyclic) bond motifs is 1. The maximum Gasteiger partial charge on any atom is 0.247 e. The zero-order chi connectivity index (χ0) is 26.6. The van der Waals surface area contributed by atoms with Crippen LogP contribution >= 0.6 is 0 Å². The van der Waals surface area contributed by atoms with Crippen molar-refractivity contribution >= 4 is 21.5 Å². The first-order chi connectivity index (χ1) is 17.7. The summed E-state index contributed by atoms with van der Waals surface area (Å²) in [5.74, 6) is 0.0552. The number of carbonyl (C=O) groups is 1. The molecule has 0 bridgehead atoms. The van der Waals surface area contributed by atoms with Crippen molar-refractivity contribution < 1.29 is 23.1 Å². The molecule has 1 heterocycles. The molecule has 2 aromatic carbocycles. The fourth-order valence-electron chi connectivity index (χ4n) is 5.02. The lowest BCUT2D eigenvalue weighted by atomic mass is 9.93. The molecule has 0 aromatic heterocycles. The molecule has 0 saturated heterocycles. The first-order valence-electron chi connectivity index (χ1n) is 13.1. The molecule has 0 radical (unpaired) electrons. The van der Waals surface area contributed by atoms with Crippen LogP contribution in [0.4, 0.5) is 0 Å². The van der Waals surface area contributed by atoms with Crippen molar-refractivity contribution in [2.75, 3.05) is 26.7 Å². The SMILES string of the molecule is C[C@@H]1CN([C@H](C)CO)S(=O)(=O)c2ccc(C3=CCCCC3)cc2O[C@H]1CN(C)C(=O)Cc1ccccc1. The summed E-state index contributed by atoms with van der Waals surface area (Å²) in [5, 5.41) is 9.86. The van der Waals surface area contributed by atoms with Gasteiger partial charge >= 0.3 is 0 Å². The number of aliphatic hydroxyl groups excluding tert-OH is 1. The highest BCUT2D eigenvalue weighted by Gasteiger charge is 2.38. The average molecular weight is 527 g/mol. The molecule has 0 fully saturated rings. The van der Waals surface area contributed by atoms with Crippen LogP contribution in [0.3, 0.4) is 0 Å². The van der Waals surface area contributed by atoms with Gasteiger partial charge < -0.3 is 14.7 Å². The first-order valence-corrected chi connectivity index (χ1v) is 14.6. The number of aliphatic hydroxyl groups is 1. The Morgan fingerprint density at radius 1 is 1.19 bits per heavy atom. The molecule has 3 atom stereocenters. The maximum absolute atomic E-state index is 13.7. The quantitative estimate of drug-likeness (QED) is 0.587. The molecule has 0 saturated carbocycles. The second-order valence-corrected chi connectivity index (χ2v) is 12.2. The molecule has 0 spiro atoms. The van der Waals surface area contributed by atoms with Gasteiger partial charge in [-0.15, -0.1) is 0 Å². The number of rotatable bonds is 7. The van der Waals surface area contributed by atoms with Crippen LogP contribution in [0.15, 0.2) is 59.5 Å². The minimum Gasteiger partial charge on any atom is -0.487 e. The number of nitrogens with zero attached hydrogens (tertiary/aromatic N) is 2. The largest absolute Gasteiger partial charge is 0.487 e. The molecule has 4 rings (SSSR count). The number of allylic oxidation sites excluding steroid dienone is 2. The van der Waals surface area contributed by atoms with Crippen LogP contribution in [-0.4, -0.2) is 67.5 Å². The molecule has 200 valence electrons. The van der Waals surface area contributed by atoms with Crippen LogP contribution in [0.2, 0.25) is 0 Å². The highest BCUT2D eigenvalue weighted by atomic mass is 32.2. The van der Waals surface area contributed by atoms with Gasteiger partial charge in [-0.2, -0.15) is 4.31 Å². The molecule has 8 heteroatoms. The van der Waals surface area contributed by atoms with Crippen molar-refractivity contribution in [1.29, 1.82) is 0 Å². The zero-order valence-corrected chi connectivity index (χ0v) is 22.8. The van der Waals surface area contributed by atoms with E-state index < -0.39 is 22.2 Å². The lowest BCUT2D eigenvalue weighted by Crippen LogP contribution is -2.50. The van der Waals surface area contributed by atoms with E-state index in [0.29, 0.717) is 12.3 Å². The van der Waals surface area contributed by atoms with E-state index in [1.807, 2.05) is 49.4 Å². The molecule has 1 aliphatic carbocycles. The Morgan fingerprint density at radius 3 is 2.62 bits per heavy atom. The van der Waals surface area contributed by atoms with Crippen molar-refractivity contribution in [3.05, 3.63) is 65.7 Å². The van der Waals surface area contributed by atoms with Crippen molar-refractivity contribution in [3.63, 3.8) is 0 Å². The second-order valence-electron chi connectivity index (χ2n) is 10.3. The van der Waals surface area contributed by atoms with Gasteiger partial charge in [-0.3, -0.25) is 4.79 Å². The topological polar surface area (TPSA) is 87.2 Å². The summed E-state index contributed by atoms with van der Waals surface area (Å²) in [6.07, 6.45) is 6.32. The van der Waals surface area contributed by atoms with Crippen LogP contribution in [0.1, 0.15) is 50.7 Å². The summed E-state index contributed by atoms with van der Waals surface area (Å²) in [6, 6.07) is 14.3. The Bertz CT molecular complexity index is 1230. The highest BCUT2D eigenvalue weighted by molar-refractivity contribution is 7.89. The van der Waals surface area contributed by atoms with E-state index in [1.165, 1.54) is 9.88 Å². The minimum absolute atomic E-state index is 0.0291. The third-order valence-corrected chi connectivity index (χ3v) is 9.43.